The van der Waals surface area contributed by atoms with Gasteiger partial charge in [0.15, 0.2) is 0 Å². The molecule has 0 saturated heterocycles. The third-order valence-electron chi connectivity index (χ3n) is 4.34. The van der Waals surface area contributed by atoms with E-state index in [4.69, 9.17) is 5.26 Å². The minimum absolute atomic E-state index is 0.0316. The van der Waals surface area contributed by atoms with E-state index in [9.17, 15) is 14.4 Å². The van der Waals surface area contributed by atoms with Crippen molar-refractivity contribution in [3.8, 4) is 6.07 Å². The molecule has 2 amide bonds. The van der Waals surface area contributed by atoms with Crippen LogP contribution in [0, 0.1) is 25.2 Å². The van der Waals surface area contributed by atoms with Crippen molar-refractivity contribution < 1.29 is 9.59 Å². The number of rotatable bonds is 7. The van der Waals surface area contributed by atoms with Gasteiger partial charge in [0.05, 0.1) is 0 Å². The van der Waals surface area contributed by atoms with Gasteiger partial charge in [-0.3, -0.25) is 14.4 Å². The zero-order chi connectivity index (χ0) is 20.7. The van der Waals surface area contributed by atoms with Gasteiger partial charge in [-0.2, -0.15) is 5.26 Å². The van der Waals surface area contributed by atoms with E-state index in [0.717, 1.165) is 12.8 Å². The number of carbonyl (C=O) groups excluding carboxylic acids is 2. The summed E-state index contributed by atoms with van der Waals surface area (Å²) in [6, 6.07) is 10.2. The molecule has 28 heavy (non-hydrogen) atoms. The van der Waals surface area contributed by atoms with Crippen molar-refractivity contribution in [2.24, 2.45) is 0 Å². The predicted octanol–water partition coefficient (Wildman–Crippen LogP) is 2.51. The van der Waals surface area contributed by atoms with Crippen molar-refractivity contribution in [1.82, 2.24) is 9.88 Å². The van der Waals surface area contributed by atoms with E-state index in [1.165, 1.54) is 4.57 Å². The molecule has 2 rings (SSSR count). The normalized spacial score (nSPS) is 10.2. The van der Waals surface area contributed by atoms with Gasteiger partial charge in [-0.15, -0.1) is 0 Å². The quantitative estimate of drug-likeness (QED) is 0.720. The van der Waals surface area contributed by atoms with E-state index in [-0.39, 0.29) is 18.0 Å². The van der Waals surface area contributed by atoms with Crippen LogP contribution in [0.25, 0.3) is 0 Å². The fourth-order valence-corrected chi connectivity index (χ4v) is 2.82. The van der Waals surface area contributed by atoms with Crippen molar-refractivity contribution >= 4 is 17.5 Å². The largest absolute Gasteiger partial charge is 0.352 e. The molecule has 0 unspecified atom stereocenters. The highest BCUT2D eigenvalue weighted by Gasteiger charge is 2.13. The van der Waals surface area contributed by atoms with Crippen LogP contribution in [-0.4, -0.2) is 22.9 Å². The van der Waals surface area contributed by atoms with Crippen molar-refractivity contribution in [2.45, 2.75) is 40.2 Å². The maximum absolute atomic E-state index is 12.4. The minimum atomic E-state index is -0.487. The maximum Gasteiger partial charge on any atom is 0.269 e. The fraction of sp³-hybridized carbons (Fsp3) is 0.333. The standard InChI is InChI=1S/C21H24N4O3/c1-4-5-9-23-20(27)16-7-6-8-17(11-16)24-19(26)13-25-15(3)10-14(2)18(12-22)21(25)28/h6-8,10-11H,4-5,9,13H2,1-3H3,(H,23,27)(H,24,26). The van der Waals surface area contributed by atoms with Gasteiger partial charge < -0.3 is 15.2 Å². The monoisotopic (exact) mass is 380 g/mol. The van der Waals surface area contributed by atoms with E-state index in [2.05, 4.69) is 10.6 Å². The van der Waals surface area contributed by atoms with Crippen LogP contribution < -0.4 is 16.2 Å². The lowest BCUT2D eigenvalue weighted by molar-refractivity contribution is -0.116. The Morgan fingerprint density at radius 2 is 1.96 bits per heavy atom. The zero-order valence-corrected chi connectivity index (χ0v) is 16.3. The molecule has 0 aliphatic heterocycles. The van der Waals surface area contributed by atoms with E-state index in [0.29, 0.717) is 29.1 Å². The highest BCUT2D eigenvalue weighted by Crippen LogP contribution is 2.11. The van der Waals surface area contributed by atoms with Crippen LogP contribution in [0.2, 0.25) is 0 Å². The topological polar surface area (TPSA) is 104 Å². The fourth-order valence-electron chi connectivity index (χ4n) is 2.82. The summed E-state index contributed by atoms with van der Waals surface area (Å²) in [6.45, 7) is 5.83. The van der Waals surface area contributed by atoms with Crippen LogP contribution >= 0.6 is 0 Å². The Kier molecular flexibility index (Phi) is 7.10. The first kappa shape index (κ1) is 20.9. The summed E-state index contributed by atoms with van der Waals surface area (Å²) in [4.78, 5) is 37.0. The number of aryl methyl sites for hydroxylation is 2. The second-order valence-electron chi connectivity index (χ2n) is 6.59. The number of unbranched alkanes of at least 4 members (excludes halogenated alkanes) is 1. The Bertz CT molecular complexity index is 986. The lowest BCUT2D eigenvalue weighted by Gasteiger charge is -2.12. The van der Waals surface area contributed by atoms with E-state index in [1.54, 1.807) is 44.2 Å². The van der Waals surface area contributed by atoms with Crippen molar-refractivity contribution in [1.29, 1.82) is 5.26 Å². The molecule has 2 N–H and O–H groups in total. The van der Waals surface area contributed by atoms with Gasteiger partial charge in [-0.1, -0.05) is 19.4 Å². The number of anilines is 1. The smallest absolute Gasteiger partial charge is 0.269 e. The molecule has 0 bridgehead atoms. The van der Waals surface area contributed by atoms with Crippen molar-refractivity contribution in [3.05, 3.63) is 63.1 Å². The number of nitriles is 1. The highest BCUT2D eigenvalue weighted by molar-refractivity contribution is 5.97. The van der Waals surface area contributed by atoms with E-state index >= 15 is 0 Å². The number of carbonyl (C=O) groups is 2. The first-order chi connectivity index (χ1) is 13.4. The second kappa shape index (κ2) is 9.51. The van der Waals surface area contributed by atoms with Crippen LogP contribution in [0.3, 0.4) is 0 Å². The number of amides is 2. The molecule has 1 aromatic carbocycles. The van der Waals surface area contributed by atoms with Gasteiger partial charge in [-0.25, -0.2) is 0 Å². The van der Waals surface area contributed by atoms with Gasteiger partial charge in [-0.05, 0) is 50.1 Å². The van der Waals surface area contributed by atoms with Crippen LogP contribution in [-0.2, 0) is 11.3 Å². The average molecular weight is 380 g/mol. The van der Waals surface area contributed by atoms with Crippen LogP contribution in [0.4, 0.5) is 5.69 Å². The summed E-state index contributed by atoms with van der Waals surface area (Å²) in [7, 11) is 0. The van der Waals surface area contributed by atoms with Gasteiger partial charge >= 0.3 is 0 Å². The summed E-state index contributed by atoms with van der Waals surface area (Å²) < 4.78 is 1.27. The molecule has 0 fully saturated rings. The minimum Gasteiger partial charge on any atom is -0.352 e. The molecular formula is C21H24N4O3. The molecule has 0 radical (unpaired) electrons. The zero-order valence-electron chi connectivity index (χ0n) is 16.3. The first-order valence-electron chi connectivity index (χ1n) is 9.16. The average Bonchev–Trinajstić information content (AvgIpc) is 2.65. The lowest BCUT2D eigenvalue weighted by Crippen LogP contribution is -2.31. The summed E-state index contributed by atoms with van der Waals surface area (Å²) in [5.41, 5.74) is 1.64. The third kappa shape index (κ3) is 5.07. The van der Waals surface area contributed by atoms with Gasteiger partial charge in [0.1, 0.15) is 18.2 Å². The Morgan fingerprint density at radius 3 is 2.64 bits per heavy atom. The molecule has 1 heterocycles. The number of nitrogens with zero attached hydrogens (tertiary/aromatic N) is 2. The molecule has 0 saturated carbocycles. The number of pyridine rings is 1. The van der Waals surface area contributed by atoms with Gasteiger partial charge in [0.2, 0.25) is 5.91 Å². The SMILES string of the molecule is CCCCNC(=O)c1cccc(NC(=O)Cn2c(C)cc(C)c(C#N)c2=O)c1. The summed E-state index contributed by atoms with van der Waals surface area (Å²) in [5.74, 6) is -0.615. The molecule has 2 aromatic rings. The summed E-state index contributed by atoms with van der Waals surface area (Å²) >= 11 is 0. The third-order valence-corrected chi connectivity index (χ3v) is 4.34. The number of nitrogens with one attached hydrogen (secondary N) is 2. The summed E-state index contributed by atoms with van der Waals surface area (Å²) in [6.07, 6.45) is 1.89. The predicted molar refractivity (Wildman–Crippen MR) is 107 cm³/mol. The molecule has 0 aliphatic rings. The number of hydrogen-bond acceptors (Lipinski definition) is 4. The van der Waals surface area contributed by atoms with Crippen LogP contribution in [0.15, 0.2) is 35.1 Å². The van der Waals surface area contributed by atoms with Crippen molar-refractivity contribution in [3.63, 3.8) is 0 Å². The molecule has 0 aliphatic carbocycles. The Balaban J connectivity index is 2.13. The van der Waals surface area contributed by atoms with Crippen molar-refractivity contribution in [2.75, 3.05) is 11.9 Å². The number of aromatic nitrogens is 1. The number of benzene rings is 1. The Hall–Kier alpha value is -3.40. The molecule has 0 spiro atoms. The number of hydrogen-bond donors (Lipinski definition) is 2. The second-order valence-corrected chi connectivity index (χ2v) is 6.59. The molecule has 7 heteroatoms. The van der Waals surface area contributed by atoms with Gasteiger partial charge in [0, 0.05) is 23.5 Å². The maximum atomic E-state index is 12.4. The molecule has 146 valence electrons. The van der Waals surface area contributed by atoms with Crippen LogP contribution in [0.1, 0.15) is 46.9 Å². The van der Waals surface area contributed by atoms with E-state index < -0.39 is 11.5 Å². The molecule has 1 aromatic heterocycles. The molecular weight excluding hydrogens is 356 g/mol. The molecule has 7 nitrogen and oxygen atoms in total. The van der Waals surface area contributed by atoms with E-state index in [1.807, 2.05) is 13.0 Å². The Labute approximate surface area is 164 Å². The van der Waals surface area contributed by atoms with Crippen LogP contribution in [0.5, 0.6) is 0 Å². The first-order valence-corrected chi connectivity index (χ1v) is 9.16. The van der Waals surface area contributed by atoms with Gasteiger partial charge in [0.25, 0.3) is 11.5 Å². The molecule has 0 atom stereocenters. The highest BCUT2D eigenvalue weighted by atomic mass is 16.2. The lowest BCUT2D eigenvalue weighted by atomic mass is 10.1. The Morgan fingerprint density at radius 1 is 1.21 bits per heavy atom. The summed E-state index contributed by atoms with van der Waals surface area (Å²) in [5, 5.41) is 14.7.